The molecule has 0 radical (unpaired) electrons. The Balaban J connectivity index is 2.02. The third kappa shape index (κ3) is 4.50. The molecule has 2 rings (SSSR count). The minimum atomic E-state index is 0.110. The molecular formula is C17H27NO2. The van der Waals surface area contributed by atoms with Crippen LogP contribution in [0.15, 0.2) is 24.3 Å². The molecule has 0 aliphatic heterocycles. The fourth-order valence-electron chi connectivity index (χ4n) is 2.04. The molecule has 1 aromatic rings. The van der Waals surface area contributed by atoms with Gasteiger partial charge in [0.1, 0.15) is 5.75 Å². The predicted molar refractivity (Wildman–Crippen MR) is 82.1 cm³/mol. The van der Waals surface area contributed by atoms with Crippen molar-refractivity contribution >= 4 is 0 Å². The van der Waals surface area contributed by atoms with Crippen LogP contribution in [-0.4, -0.2) is 25.8 Å². The fraction of sp³-hybridized carbons (Fsp3) is 0.647. The zero-order valence-electron chi connectivity index (χ0n) is 13.1. The summed E-state index contributed by atoms with van der Waals surface area (Å²) in [5, 5.41) is 3.57. The van der Waals surface area contributed by atoms with E-state index in [4.69, 9.17) is 9.47 Å². The van der Waals surface area contributed by atoms with E-state index in [1.54, 1.807) is 7.11 Å². The van der Waals surface area contributed by atoms with Gasteiger partial charge >= 0.3 is 0 Å². The van der Waals surface area contributed by atoms with Crippen LogP contribution in [0.3, 0.4) is 0 Å². The van der Waals surface area contributed by atoms with Gasteiger partial charge in [0.2, 0.25) is 0 Å². The molecule has 0 amide bonds. The summed E-state index contributed by atoms with van der Waals surface area (Å²) >= 11 is 0. The van der Waals surface area contributed by atoms with E-state index in [9.17, 15) is 0 Å². The quantitative estimate of drug-likeness (QED) is 0.788. The maximum absolute atomic E-state index is 6.25. The lowest BCUT2D eigenvalue weighted by Crippen LogP contribution is -2.29. The monoisotopic (exact) mass is 277 g/mol. The highest BCUT2D eigenvalue weighted by atomic mass is 16.5. The Morgan fingerprint density at radius 3 is 2.30 bits per heavy atom. The Labute approximate surface area is 122 Å². The summed E-state index contributed by atoms with van der Waals surface area (Å²) in [5.74, 6) is 1.41. The maximum Gasteiger partial charge on any atom is 0.118 e. The number of hydrogen-bond donors (Lipinski definition) is 1. The third-order valence-electron chi connectivity index (χ3n) is 3.97. The van der Waals surface area contributed by atoms with Crippen molar-refractivity contribution in [1.82, 2.24) is 5.32 Å². The van der Waals surface area contributed by atoms with Crippen LogP contribution in [0.2, 0.25) is 0 Å². The normalized spacial score (nSPS) is 18.1. The van der Waals surface area contributed by atoms with E-state index < -0.39 is 0 Å². The van der Waals surface area contributed by atoms with Crippen LogP contribution in [0, 0.1) is 5.92 Å². The van der Waals surface area contributed by atoms with Crippen LogP contribution in [0.5, 0.6) is 5.75 Å². The van der Waals surface area contributed by atoms with Gasteiger partial charge in [-0.2, -0.15) is 0 Å². The number of methoxy groups -OCH3 is 1. The Morgan fingerprint density at radius 1 is 1.15 bits per heavy atom. The first kappa shape index (κ1) is 15.3. The molecule has 0 bridgehead atoms. The molecule has 1 fully saturated rings. The molecule has 1 aliphatic rings. The number of benzene rings is 1. The number of rotatable bonds is 8. The first-order valence-electron chi connectivity index (χ1n) is 7.63. The molecule has 3 nitrogen and oxygen atoms in total. The molecule has 1 N–H and O–H groups in total. The van der Waals surface area contributed by atoms with Crippen molar-refractivity contribution in [3.05, 3.63) is 29.8 Å². The standard InChI is InChI=1S/C17H27NO2/c1-12(2)13(3)20-17(11-18-15-7-8-15)14-5-9-16(19-4)10-6-14/h5-6,9-10,12-13,15,17-18H,7-8,11H2,1-4H3. The molecule has 1 saturated carbocycles. The van der Waals surface area contributed by atoms with Gasteiger partial charge in [-0.1, -0.05) is 26.0 Å². The smallest absolute Gasteiger partial charge is 0.118 e. The number of nitrogens with one attached hydrogen (secondary N) is 1. The number of ether oxygens (including phenoxy) is 2. The maximum atomic E-state index is 6.25. The van der Waals surface area contributed by atoms with E-state index >= 15 is 0 Å². The van der Waals surface area contributed by atoms with Crippen molar-refractivity contribution in [3.63, 3.8) is 0 Å². The van der Waals surface area contributed by atoms with E-state index in [-0.39, 0.29) is 12.2 Å². The van der Waals surface area contributed by atoms with Gasteiger partial charge < -0.3 is 14.8 Å². The summed E-state index contributed by atoms with van der Waals surface area (Å²) in [6.45, 7) is 7.43. The minimum Gasteiger partial charge on any atom is -0.497 e. The van der Waals surface area contributed by atoms with E-state index in [0.717, 1.165) is 12.3 Å². The largest absolute Gasteiger partial charge is 0.497 e. The van der Waals surface area contributed by atoms with Crippen LogP contribution < -0.4 is 10.1 Å². The second-order valence-corrected chi connectivity index (χ2v) is 6.03. The van der Waals surface area contributed by atoms with Crippen molar-refractivity contribution in [3.8, 4) is 5.75 Å². The topological polar surface area (TPSA) is 30.5 Å². The average molecular weight is 277 g/mol. The highest BCUT2D eigenvalue weighted by Gasteiger charge is 2.24. The van der Waals surface area contributed by atoms with Gasteiger partial charge in [0.05, 0.1) is 19.3 Å². The minimum absolute atomic E-state index is 0.110. The van der Waals surface area contributed by atoms with Crippen molar-refractivity contribution < 1.29 is 9.47 Å². The van der Waals surface area contributed by atoms with Gasteiger partial charge in [0.25, 0.3) is 0 Å². The zero-order valence-corrected chi connectivity index (χ0v) is 13.1. The summed E-state index contributed by atoms with van der Waals surface area (Å²) in [6, 6.07) is 8.91. The van der Waals surface area contributed by atoms with E-state index in [2.05, 4.69) is 38.2 Å². The van der Waals surface area contributed by atoms with Crippen molar-refractivity contribution in [2.24, 2.45) is 5.92 Å². The Hall–Kier alpha value is -1.06. The summed E-state index contributed by atoms with van der Waals surface area (Å²) < 4.78 is 11.5. The molecule has 1 aliphatic carbocycles. The first-order valence-corrected chi connectivity index (χ1v) is 7.63. The average Bonchev–Trinajstić information content (AvgIpc) is 3.27. The highest BCUT2D eigenvalue weighted by molar-refractivity contribution is 5.28. The Bertz CT molecular complexity index is 398. The van der Waals surface area contributed by atoms with Crippen LogP contribution in [-0.2, 0) is 4.74 Å². The van der Waals surface area contributed by atoms with Crippen LogP contribution in [0.1, 0.15) is 45.3 Å². The fourth-order valence-corrected chi connectivity index (χ4v) is 2.04. The lowest BCUT2D eigenvalue weighted by atomic mass is 10.1. The van der Waals surface area contributed by atoms with E-state index in [1.165, 1.54) is 18.4 Å². The molecule has 2 unspecified atom stereocenters. The number of hydrogen-bond acceptors (Lipinski definition) is 3. The lowest BCUT2D eigenvalue weighted by Gasteiger charge is -2.25. The van der Waals surface area contributed by atoms with Crippen LogP contribution >= 0.6 is 0 Å². The van der Waals surface area contributed by atoms with Gasteiger partial charge in [-0.25, -0.2) is 0 Å². The lowest BCUT2D eigenvalue weighted by molar-refractivity contribution is -0.0261. The van der Waals surface area contributed by atoms with Crippen molar-refractivity contribution in [2.45, 2.75) is 51.9 Å². The summed E-state index contributed by atoms with van der Waals surface area (Å²) in [7, 11) is 1.69. The van der Waals surface area contributed by atoms with Gasteiger partial charge in [-0.05, 0) is 43.4 Å². The summed E-state index contributed by atoms with van der Waals surface area (Å²) in [6.07, 6.45) is 2.96. The molecular weight excluding hydrogens is 250 g/mol. The Kier molecular flexibility index (Phi) is 5.44. The van der Waals surface area contributed by atoms with Crippen LogP contribution in [0.4, 0.5) is 0 Å². The van der Waals surface area contributed by atoms with E-state index in [1.807, 2.05) is 12.1 Å². The molecule has 0 heterocycles. The van der Waals surface area contributed by atoms with Gasteiger partial charge in [0, 0.05) is 12.6 Å². The third-order valence-corrected chi connectivity index (χ3v) is 3.97. The molecule has 3 heteroatoms. The first-order chi connectivity index (χ1) is 9.60. The summed E-state index contributed by atoms with van der Waals surface area (Å²) in [5.41, 5.74) is 1.21. The van der Waals surface area contributed by atoms with Crippen LogP contribution in [0.25, 0.3) is 0 Å². The van der Waals surface area contributed by atoms with Gasteiger partial charge in [0.15, 0.2) is 0 Å². The highest BCUT2D eigenvalue weighted by Crippen LogP contribution is 2.25. The molecule has 0 saturated heterocycles. The van der Waals surface area contributed by atoms with Crippen molar-refractivity contribution in [2.75, 3.05) is 13.7 Å². The Morgan fingerprint density at radius 2 is 1.80 bits per heavy atom. The van der Waals surface area contributed by atoms with Crippen molar-refractivity contribution in [1.29, 1.82) is 0 Å². The molecule has 112 valence electrons. The zero-order chi connectivity index (χ0) is 14.5. The molecule has 1 aromatic carbocycles. The molecule has 0 aromatic heterocycles. The molecule has 20 heavy (non-hydrogen) atoms. The predicted octanol–water partition coefficient (Wildman–Crippen LogP) is 3.55. The second kappa shape index (κ2) is 7.09. The molecule has 2 atom stereocenters. The summed E-state index contributed by atoms with van der Waals surface area (Å²) in [4.78, 5) is 0. The van der Waals surface area contributed by atoms with E-state index in [0.29, 0.717) is 12.0 Å². The van der Waals surface area contributed by atoms with Gasteiger partial charge in [-0.3, -0.25) is 0 Å². The second-order valence-electron chi connectivity index (χ2n) is 6.03. The molecule has 0 spiro atoms. The SMILES string of the molecule is COc1ccc(C(CNC2CC2)OC(C)C(C)C)cc1. The van der Waals surface area contributed by atoms with Gasteiger partial charge in [-0.15, -0.1) is 0 Å².